The van der Waals surface area contributed by atoms with Gasteiger partial charge in [0, 0.05) is 32.0 Å². The fourth-order valence-corrected chi connectivity index (χ4v) is 3.18. The van der Waals surface area contributed by atoms with Gasteiger partial charge in [0.25, 0.3) is 5.91 Å². The number of nitrogens with zero attached hydrogens (tertiary/aromatic N) is 3. The molecular formula is C16H19N5O4S. The van der Waals surface area contributed by atoms with Gasteiger partial charge in [-0.15, -0.1) is 10.2 Å². The Labute approximate surface area is 153 Å². The molecule has 0 saturated carbocycles. The minimum absolute atomic E-state index is 0.00868. The van der Waals surface area contributed by atoms with E-state index in [2.05, 4.69) is 20.8 Å². The number of hydrogen-bond donors (Lipinski definition) is 2. The Balaban J connectivity index is 1.35. The zero-order chi connectivity index (χ0) is 18.4. The molecule has 0 unspecified atom stereocenters. The summed E-state index contributed by atoms with van der Waals surface area (Å²) < 4.78 is 5.13. The first-order valence-corrected chi connectivity index (χ1v) is 9.18. The van der Waals surface area contributed by atoms with Crippen molar-refractivity contribution in [2.75, 3.05) is 18.4 Å². The summed E-state index contributed by atoms with van der Waals surface area (Å²) in [5.74, 6) is -0.244. The summed E-state index contributed by atoms with van der Waals surface area (Å²) in [6.45, 7) is 1.12. The number of nitrogens with one attached hydrogen (secondary N) is 2. The van der Waals surface area contributed by atoms with Crippen molar-refractivity contribution in [2.24, 2.45) is 0 Å². The van der Waals surface area contributed by atoms with E-state index >= 15 is 0 Å². The molecule has 3 heterocycles. The summed E-state index contributed by atoms with van der Waals surface area (Å²) in [5, 5.41) is 13.3. The predicted molar refractivity (Wildman–Crippen MR) is 93.5 cm³/mol. The van der Waals surface area contributed by atoms with Crippen LogP contribution in [0.5, 0.6) is 0 Å². The molecule has 2 aromatic rings. The van der Waals surface area contributed by atoms with Crippen LogP contribution in [0.15, 0.2) is 28.3 Å². The molecule has 0 aromatic carbocycles. The van der Waals surface area contributed by atoms with Crippen molar-refractivity contribution in [1.29, 1.82) is 0 Å². The topological polar surface area (TPSA) is 117 Å². The molecule has 10 heteroatoms. The number of carbonyl (C=O) groups is 3. The molecule has 2 aromatic heterocycles. The van der Waals surface area contributed by atoms with E-state index in [1.807, 2.05) is 0 Å². The molecule has 26 heavy (non-hydrogen) atoms. The van der Waals surface area contributed by atoms with Gasteiger partial charge in [-0.2, -0.15) is 0 Å². The standard InChI is InChI=1S/C16H19N5O4S/c22-13(3-4-14(23)19-16-20-17-10-26-16)18-11-5-7-21(8-6-11)15(24)12-2-1-9-25-12/h1-2,9-11H,3-8H2,(H,18,22)(H,19,20,23). The van der Waals surface area contributed by atoms with Crippen molar-refractivity contribution in [2.45, 2.75) is 31.7 Å². The highest BCUT2D eigenvalue weighted by atomic mass is 32.1. The third kappa shape index (κ3) is 4.88. The third-order valence-corrected chi connectivity index (χ3v) is 4.67. The second-order valence-electron chi connectivity index (χ2n) is 5.90. The van der Waals surface area contributed by atoms with Gasteiger partial charge in [-0.25, -0.2) is 0 Å². The average Bonchev–Trinajstić information content (AvgIpc) is 3.34. The number of hydrogen-bond acceptors (Lipinski definition) is 7. The number of amides is 3. The summed E-state index contributed by atoms with van der Waals surface area (Å²) in [4.78, 5) is 37.6. The van der Waals surface area contributed by atoms with Gasteiger partial charge in [0.2, 0.25) is 16.9 Å². The van der Waals surface area contributed by atoms with Crippen molar-refractivity contribution in [3.05, 3.63) is 29.7 Å². The highest BCUT2D eigenvalue weighted by Crippen LogP contribution is 2.15. The number of likely N-dealkylation sites (tertiary alicyclic amines) is 1. The second-order valence-corrected chi connectivity index (χ2v) is 6.74. The van der Waals surface area contributed by atoms with Crippen molar-refractivity contribution in [1.82, 2.24) is 20.4 Å². The lowest BCUT2D eigenvalue weighted by Crippen LogP contribution is -2.46. The lowest BCUT2D eigenvalue weighted by atomic mass is 10.0. The van der Waals surface area contributed by atoms with Crippen molar-refractivity contribution in [3.8, 4) is 0 Å². The van der Waals surface area contributed by atoms with Crippen LogP contribution in [-0.4, -0.2) is 52.0 Å². The van der Waals surface area contributed by atoms with Gasteiger partial charge in [0.05, 0.1) is 6.26 Å². The van der Waals surface area contributed by atoms with Crippen LogP contribution < -0.4 is 10.6 Å². The monoisotopic (exact) mass is 377 g/mol. The van der Waals surface area contributed by atoms with E-state index in [4.69, 9.17) is 4.42 Å². The fourth-order valence-electron chi connectivity index (χ4n) is 2.72. The smallest absolute Gasteiger partial charge is 0.289 e. The molecule has 0 aliphatic carbocycles. The summed E-state index contributed by atoms with van der Waals surface area (Å²) in [6.07, 6.45) is 3.02. The first-order chi connectivity index (χ1) is 12.6. The zero-order valence-electron chi connectivity index (χ0n) is 14.0. The first kappa shape index (κ1) is 18.1. The van der Waals surface area contributed by atoms with Gasteiger partial charge < -0.3 is 20.0 Å². The molecule has 1 saturated heterocycles. The van der Waals surface area contributed by atoms with Crippen LogP contribution >= 0.6 is 11.3 Å². The van der Waals surface area contributed by atoms with E-state index in [0.717, 1.165) is 0 Å². The van der Waals surface area contributed by atoms with Crippen LogP contribution in [0.1, 0.15) is 36.2 Å². The molecule has 0 radical (unpaired) electrons. The Hall–Kier alpha value is -2.75. The quantitative estimate of drug-likeness (QED) is 0.783. The molecule has 9 nitrogen and oxygen atoms in total. The first-order valence-electron chi connectivity index (χ1n) is 8.30. The highest BCUT2D eigenvalue weighted by Gasteiger charge is 2.25. The van der Waals surface area contributed by atoms with E-state index < -0.39 is 0 Å². The Morgan fingerprint density at radius 2 is 2.00 bits per heavy atom. The summed E-state index contributed by atoms with van der Waals surface area (Å²) in [7, 11) is 0. The van der Waals surface area contributed by atoms with Crippen LogP contribution in [-0.2, 0) is 9.59 Å². The van der Waals surface area contributed by atoms with Crippen LogP contribution in [0.2, 0.25) is 0 Å². The second kappa shape index (κ2) is 8.56. The molecular weight excluding hydrogens is 358 g/mol. The highest BCUT2D eigenvalue weighted by molar-refractivity contribution is 7.13. The minimum atomic E-state index is -0.268. The van der Waals surface area contributed by atoms with E-state index in [1.54, 1.807) is 17.0 Å². The van der Waals surface area contributed by atoms with Gasteiger partial charge in [-0.3, -0.25) is 14.4 Å². The summed E-state index contributed by atoms with van der Waals surface area (Å²) in [6, 6.07) is 3.33. The van der Waals surface area contributed by atoms with Crippen LogP contribution in [0.25, 0.3) is 0 Å². The van der Waals surface area contributed by atoms with Crippen LogP contribution in [0.4, 0.5) is 5.13 Å². The van der Waals surface area contributed by atoms with Gasteiger partial charge in [0.1, 0.15) is 5.51 Å². The van der Waals surface area contributed by atoms with E-state index in [1.165, 1.54) is 23.1 Å². The SMILES string of the molecule is O=C(CCC(=O)NC1CCN(C(=O)c2ccco2)CC1)Nc1nncs1. The average molecular weight is 377 g/mol. The largest absolute Gasteiger partial charge is 0.459 e. The Kier molecular flexibility index (Phi) is 5.95. The normalized spacial score (nSPS) is 14.8. The van der Waals surface area contributed by atoms with Gasteiger partial charge in [-0.1, -0.05) is 11.3 Å². The number of furan rings is 1. The van der Waals surface area contributed by atoms with Crippen LogP contribution in [0, 0.1) is 0 Å². The predicted octanol–water partition coefficient (Wildman–Crippen LogP) is 1.27. The Morgan fingerprint density at radius 1 is 1.23 bits per heavy atom. The van der Waals surface area contributed by atoms with Gasteiger partial charge in [-0.05, 0) is 25.0 Å². The van der Waals surface area contributed by atoms with E-state index in [-0.39, 0.29) is 36.6 Å². The third-order valence-electron chi connectivity index (χ3n) is 4.06. The summed E-state index contributed by atoms with van der Waals surface area (Å²) in [5.41, 5.74) is 1.52. The fraction of sp³-hybridized carbons (Fsp3) is 0.438. The molecule has 0 spiro atoms. The van der Waals surface area contributed by atoms with Crippen molar-refractivity contribution in [3.63, 3.8) is 0 Å². The number of aromatic nitrogens is 2. The van der Waals surface area contributed by atoms with Gasteiger partial charge in [0.15, 0.2) is 5.76 Å². The molecule has 0 bridgehead atoms. The molecule has 3 rings (SSSR count). The zero-order valence-corrected chi connectivity index (χ0v) is 14.8. The molecule has 2 N–H and O–H groups in total. The number of rotatable bonds is 6. The Bertz CT molecular complexity index is 739. The molecule has 1 fully saturated rings. The molecule has 1 aliphatic rings. The lowest BCUT2D eigenvalue weighted by Gasteiger charge is -2.31. The van der Waals surface area contributed by atoms with Gasteiger partial charge >= 0.3 is 0 Å². The van der Waals surface area contributed by atoms with Crippen molar-refractivity contribution < 1.29 is 18.8 Å². The number of anilines is 1. The maximum atomic E-state index is 12.2. The molecule has 1 aliphatic heterocycles. The molecule has 3 amide bonds. The molecule has 138 valence electrons. The van der Waals surface area contributed by atoms with Crippen molar-refractivity contribution >= 4 is 34.2 Å². The summed E-state index contributed by atoms with van der Waals surface area (Å²) >= 11 is 1.22. The van der Waals surface area contributed by atoms with E-state index in [9.17, 15) is 14.4 Å². The maximum absolute atomic E-state index is 12.2. The van der Waals surface area contributed by atoms with Crippen LogP contribution in [0.3, 0.4) is 0 Å². The lowest BCUT2D eigenvalue weighted by molar-refractivity contribution is -0.125. The minimum Gasteiger partial charge on any atom is -0.459 e. The van der Waals surface area contributed by atoms with E-state index in [0.29, 0.717) is 36.8 Å². The number of carbonyl (C=O) groups excluding carboxylic acids is 3. The molecule has 0 atom stereocenters. The Morgan fingerprint density at radius 3 is 2.65 bits per heavy atom. The number of piperidine rings is 1. The maximum Gasteiger partial charge on any atom is 0.289 e.